The van der Waals surface area contributed by atoms with Crippen molar-refractivity contribution in [3.8, 4) is 0 Å². The Morgan fingerprint density at radius 1 is 1.69 bits per heavy atom. The molecule has 0 bridgehead atoms. The van der Waals surface area contributed by atoms with Crippen LogP contribution in [0.4, 0.5) is 0 Å². The Bertz CT molecular complexity index is 380. The number of rotatable bonds is 3. The van der Waals surface area contributed by atoms with Gasteiger partial charge in [-0.1, -0.05) is 0 Å². The molecule has 88 valence electrons. The predicted molar refractivity (Wildman–Crippen MR) is 65.8 cm³/mol. The summed E-state index contributed by atoms with van der Waals surface area (Å²) in [5.41, 5.74) is 0.603. The molecule has 1 amide bonds. The normalized spacial score (nSPS) is 20.4. The number of likely N-dealkylation sites (tertiary alicyclic amines) is 1. The minimum Gasteiger partial charge on any atom is -0.457 e. The van der Waals surface area contributed by atoms with Crippen LogP contribution in [0, 0.1) is 5.92 Å². The van der Waals surface area contributed by atoms with Crippen LogP contribution in [0.5, 0.6) is 0 Å². The van der Waals surface area contributed by atoms with Crippen molar-refractivity contribution in [2.24, 2.45) is 5.92 Å². The maximum atomic E-state index is 12.1. The molecule has 1 unspecified atom stereocenters. The van der Waals surface area contributed by atoms with E-state index < -0.39 is 0 Å². The van der Waals surface area contributed by atoms with Gasteiger partial charge in [0.25, 0.3) is 5.91 Å². The van der Waals surface area contributed by atoms with Gasteiger partial charge in [0, 0.05) is 19.0 Å². The first-order chi connectivity index (χ1) is 7.72. The molecule has 1 atom stereocenters. The van der Waals surface area contributed by atoms with Gasteiger partial charge >= 0.3 is 0 Å². The molecular weight excluding hydrogens is 293 g/mol. The van der Waals surface area contributed by atoms with Crippen LogP contribution in [0.1, 0.15) is 23.2 Å². The summed E-state index contributed by atoms with van der Waals surface area (Å²) in [6, 6.07) is 1.70. The Morgan fingerprint density at radius 3 is 3.12 bits per heavy atom. The highest BCUT2D eigenvalue weighted by Crippen LogP contribution is 2.25. The van der Waals surface area contributed by atoms with E-state index in [9.17, 15) is 4.79 Å². The number of hydrogen-bond acceptors (Lipinski definition) is 2. The van der Waals surface area contributed by atoms with E-state index in [0.29, 0.717) is 22.0 Å². The molecule has 16 heavy (non-hydrogen) atoms. The second-order valence-electron chi connectivity index (χ2n) is 3.99. The van der Waals surface area contributed by atoms with Gasteiger partial charge in [-0.15, -0.1) is 11.6 Å². The zero-order chi connectivity index (χ0) is 11.5. The van der Waals surface area contributed by atoms with Crippen molar-refractivity contribution in [2.75, 3.05) is 19.0 Å². The van der Waals surface area contributed by atoms with Crippen molar-refractivity contribution in [3.05, 3.63) is 22.6 Å². The van der Waals surface area contributed by atoms with E-state index in [0.717, 1.165) is 25.9 Å². The standard InChI is InChI=1S/C11H13BrClNO2/c12-10-9(3-6-16-10)11(15)14-5-2-8(7-14)1-4-13/h3,6,8H,1-2,4-5,7H2. The van der Waals surface area contributed by atoms with Gasteiger partial charge in [0.2, 0.25) is 0 Å². The average molecular weight is 307 g/mol. The summed E-state index contributed by atoms with van der Waals surface area (Å²) in [5.74, 6) is 1.26. The maximum Gasteiger partial charge on any atom is 0.258 e. The first-order valence-corrected chi connectivity index (χ1v) is 6.63. The van der Waals surface area contributed by atoms with E-state index in [4.69, 9.17) is 16.0 Å². The summed E-state index contributed by atoms with van der Waals surface area (Å²) in [6.07, 6.45) is 3.55. The summed E-state index contributed by atoms with van der Waals surface area (Å²) in [7, 11) is 0. The van der Waals surface area contributed by atoms with Gasteiger partial charge in [0.1, 0.15) is 0 Å². The molecule has 0 N–H and O–H groups in total. The van der Waals surface area contributed by atoms with Crippen molar-refractivity contribution in [1.82, 2.24) is 4.90 Å². The molecule has 1 fully saturated rings. The lowest BCUT2D eigenvalue weighted by Gasteiger charge is -2.15. The molecule has 0 aromatic carbocycles. The fraction of sp³-hybridized carbons (Fsp3) is 0.545. The van der Waals surface area contributed by atoms with Crippen molar-refractivity contribution < 1.29 is 9.21 Å². The van der Waals surface area contributed by atoms with E-state index in [2.05, 4.69) is 15.9 Å². The lowest BCUT2D eigenvalue weighted by Crippen LogP contribution is -2.28. The van der Waals surface area contributed by atoms with Gasteiger partial charge in [0.15, 0.2) is 4.67 Å². The lowest BCUT2D eigenvalue weighted by molar-refractivity contribution is 0.0785. The SMILES string of the molecule is O=C(c1ccoc1Br)N1CCC(CCCl)C1. The molecule has 2 rings (SSSR count). The predicted octanol–water partition coefficient (Wildman–Crippen LogP) is 3.13. The lowest BCUT2D eigenvalue weighted by atomic mass is 10.1. The van der Waals surface area contributed by atoms with E-state index in [1.165, 1.54) is 6.26 Å². The highest BCUT2D eigenvalue weighted by Gasteiger charge is 2.28. The van der Waals surface area contributed by atoms with Gasteiger partial charge in [0.05, 0.1) is 11.8 Å². The zero-order valence-electron chi connectivity index (χ0n) is 8.79. The molecular formula is C11H13BrClNO2. The Labute approximate surface area is 108 Å². The average Bonchev–Trinajstić information content (AvgIpc) is 2.87. The molecule has 1 aliphatic rings. The molecule has 5 heteroatoms. The van der Waals surface area contributed by atoms with Gasteiger partial charge < -0.3 is 9.32 Å². The molecule has 1 saturated heterocycles. The van der Waals surface area contributed by atoms with Crippen molar-refractivity contribution in [1.29, 1.82) is 0 Å². The Kier molecular flexibility index (Phi) is 3.92. The van der Waals surface area contributed by atoms with Crippen molar-refractivity contribution in [3.63, 3.8) is 0 Å². The first kappa shape index (κ1) is 12.0. The third kappa shape index (κ3) is 2.43. The summed E-state index contributed by atoms with van der Waals surface area (Å²) in [5, 5.41) is 0. The second kappa shape index (κ2) is 5.23. The summed E-state index contributed by atoms with van der Waals surface area (Å²) >= 11 is 8.93. The Hall–Kier alpha value is -0.480. The monoisotopic (exact) mass is 305 g/mol. The molecule has 2 heterocycles. The number of amides is 1. The van der Waals surface area contributed by atoms with Crippen LogP contribution < -0.4 is 0 Å². The number of hydrogen-bond donors (Lipinski definition) is 0. The highest BCUT2D eigenvalue weighted by molar-refractivity contribution is 9.10. The van der Waals surface area contributed by atoms with E-state index in [1.54, 1.807) is 6.07 Å². The number of nitrogens with zero attached hydrogens (tertiary/aromatic N) is 1. The summed E-state index contributed by atoms with van der Waals surface area (Å²) in [6.45, 7) is 1.63. The van der Waals surface area contributed by atoms with E-state index in [-0.39, 0.29) is 5.91 Å². The Morgan fingerprint density at radius 2 is 2.50 bits per heavy atom. The number of furan rings is 1. The molecule has 3 nitrogen and oxygen atoms in total. The third-order valence-corrected chi connectivity index (χ3v) is 3.77. The molecule has 0 radical (unpaired) electrons. The minimum absolute atomic E-state index is 0.0395. The molecule has 0 saturated carbocycles. The number of alkyl halides is 1. The zero-order valence-corrected chi connectivity index (χ0v) is 11.1. The van der Waals surface area contributed by atoms with Crippen LogP contribution >= 0.6 is 27.5 Å². The molecule has 0 spiro atoms. The molecule has 1 aromatic heterocycles. The first-order valence-electron chi connectivity index (χ1n) is 5.30. The molecule has 1 aliphatic heterocycles. The second-order valence-corrected chi connectivity index (χ2v) is 5.09. The van der Waals surface area contributed by atoms with Crippen molar-refractivity contribution in [2.45, 2.75) is 12.8 Å². The Balaban J connectivity index is 2.00. The summed E-state index contributed by atoms with van der Waals surface area (Å²) in [4.78, 5) is 13.9. The maximum absolute atomic E-state index is 12.1. The fourth-order valence-corrected chi connectivity index (χ4v) is 2.74. The van der Waals surface area contributed by atoms with Gasteiger partial charge in [-0.05, 0) is 40.8 Å². The van der Waals surface area contributed by atoms with Crippen LogP contribution in [0.15, 0.2) is 21.4 Å². The van der Waals surface area contributed by atoms with Gasteiger partial charge in [-0.3, -0.25) is 4.79 Å². The van der Waals surface area contributed by atoms with Gasteiger partial charge in [-0.25, -0.2) is 0 Å². The minimum atomic E-state index is 0.0395. The van der Waals surface area contributed by atoms with Crippen LogP contribution in [0.3, 0.4) is 0 Å². The molecule has 0 aliphatic carbocycles. The number of carbonyl (C=O) groups excluding carboxylic acids is 1. The highest BCUT2D eigenvalue weighted by atomic mass is 79.9. The quantitative estimate of drug-likeness (QED) is 0.804. The number of carbonyl (C=O) groups is 1. The van der Waals surface area contributed by atoms with E-state index in [1.807, 2.05) is 4.90 Å². The smallest absolute Gasteiger partial charge is 0.258 e. The third-order valence-electron chi connectivity index (χ3n) is 2.94. The van der Waals surface area contributed by atoms with Gasteiger partial charge in [-0.2, -0.15) is 0 Å². The van der Waals surface area contributed by atoms with Crippen LogP contribution in [0.2, 0.25) is 0 Å². The van der Waals surface area contributed by atoms with Crippen molar-refractivity contribution >= 4 is 33.4 Å². The number of halogens is 2. The van der Waals surface area contributed by atoms with Crippen LogP contribution in [-0.2, 0) is 0 Å². The fourth-order valence-electron chi connectivity index (χ4n) is 2.02. The van der Waals surface area contributed by atoms with Crippen LogP contribution in [-0.4, -0.2) is 29.8 Å². The molecule has 1 aromatic rings. The topological polar surface area (TPSA) is 33.5 Å². The summed E-state index contributed by atoms with van der Waals surface area (Å²) < 4.78 is 5.58. The van der Waals surface area contributed by atoms with Crippen LogP contribution in [0.25, 0.3) is 0 Å². The largest absolute Gasteiger partial charge is 0.457 e. The van der Waals surface area contributed by atoms with E-state index >= 15 is 0 Å².